The van der Waals surface area contributed by atoms with Gasteiger partial charge in [0.05, 0.1) is 25.6 Å². The van der Waals surface area contributed by atoms with Crippen molar-refractivity contribution in [2.24, 2.45) is 0 Å². The molecule has 1 atom stereocenters. The van der Waals surface area contributed by atoms with Gasteiger partial charge in [0.15, 0.2) is 11.1 Å². The van der Waals surface area contributed by atoms with Crippen LogP contribution >= 0.6 is 0 Å². The van der Waals surface area contributed by atoms with Crippen LogP contribution in [0.1, 0.15) is 0 Å². The first-order valence-electron chi connectivity index (χ1n) is 3.49. The molecule has 0 radical (unpaired) electrons. The van der Waals surface area contributed by atoms with Crippen LogP contribution in [-0.4, -0.2) is 48.2 Å². The standard InChI is InChI=1S/C6H14O5S/c1-9-2-3-10-6-11-4-5-12(7)8/h2-6H2,1H3,(H,7,8). The minimum Gasteiger partial charge on any atom is -0.382 e. The van der Waals surface area contributed by atoms with Crippen molar-refractivity contribution in [1.29, 1.82) is 0 Å². The third kappa shape index (κ3) is 9.99. The Balaban J connectivity index is 2.86. The maximum absolute atomic E-state index is 10.1. The van der Waals surface area contributed by atoms with Gasteiger partial charge in [-0.25, -0.2) is 4.21 Å². The van der Waals surface area contributed by atoms with Crippen molar-refractivity contribution < 1.29 is 23.0 Å². The third-order valence-electron chi connectivity index (χ3n) is 1.00. The first-order chi connectivity index (χ1) is 5.77. The lowest BCUT2D eigenvalue weighted by Crippen LogP contribution is -2.10. The summed E-state index contributed by atoms with van der Waals surface area (Å²) in [6.45, 7) is 1.37. The summed E-state index contributed by atoms with van der Waals surface area (Å²) in [5.41, 5.74) is 0. The third-order valence-corrected chi connectivity index (χ3v) is 1.52. The molecule has 0 aliphatic rings. The zero-order valence-electron chi connectivity index (χ0n) is 7.02. The van der Waals surface area contributed by atoms with E-state index < -0.39 is 11.1 Å². The summed E-state index contributed by atoms with van der Waals surface area (Å²) in [6.07, 6.45) is 0. The highest BCUT2D eigenvalue weighted by Gasteiger charge is 1.93. The van der Waals surface area contributed by atoms with Crippen molar-refractivity contribution in [3.63, 3.8) is 0 Å². The van der Waals surface area contributed by atoms with Crippen molar-refractivity contribution in [2.45, 2.75) is 0 Å². The van der Waals surface area contributed by atoms with E-state index >= 15 is 0 Å². The molecule has 0 fully saturated rings. The van der Waals surface area contributed by atoms with E-state index in [-0.39, 0.29) is 19.2 Å². The molecular formula is C6H14O5S. The van der Waals surface area contributed by atoms with Crippen molar-refractivity contribution in [1.82, 2.24) is 0 Å². The molecule has 0 bridgehead atoms. The van der Waals surface area contributed by atoms with Crippen LogP contribution in [0.5, 0.6) is 0 Å². The highest BCUT2D eigenvalue weighted by Crippen LogP contribution is 1.81. The summed E-state index contributed by atoms with van der Waals surface area (Å²) in [6, 6.07) is 0. The largest absolute Gasteiger partial charge is 0.382 e. The van der Waals surface area contributed by atoms with Gasteiger partial charge in [-0.15, -0.1) is 0 Å². The Hall–Kier alpha value is -0.0100. The Morgan fingerprint density at radius 1 is 1.25 bits per heavy atom. The van der Waals surface area contributed by atoms with Gasteiger partial charge in [-0.2, -0.15) is 0 Å². The lowest BCUT2D eigenvalue weighted by Gasteiger charge is -2.03. The molecule has 12 heavy (non-hydrogen) atoms. The molecule has 0 aromatic carbocycles. The average Bonchev–Trinajstić information content (AvgIpc) is 2.02. The number of ether oxygens (including phenoxy) is 3. The fourth-order valence-corrected chi connectivity index (χ4v) is 0.710. The molecule has 0 aliphatic heterocycles. The summed E-state index contributed by atoms with van der Waals surface area (Å²) in [4.78, 5) is 0. The molecule has 0 aromatic rings. The predicted octanol–water partition coefficient (Wildman–Crippen LogP) is -0.155. The second-order valence-electron chi connectivity index (χ2n) is 1.95. The van der Waals surface area contributed by atoms with Crippen LogP contribution in [-0.2, 0) is 25.3 Å². The summed E-state index contributed by atoms with van der Waals surface area (Å²) in [7, 11) is 1.58. The maximum atomic E-state index is 10.1. The molecular weight excluding hydrogens is 184 g/mol. The Bertz CT molecular complexity index is 119. The molecule has 5 nitrogen and oxygen atoms in total. The molecule has 0 spiro atoms. The second-order valence-corrected chi connectivity index (χ2v) is 3.00. The predicted molar refractivity (Wildman–Crippen MR) is 44.3 cm³/mol. The highest BCUT2D eigenvalue weighted by atomic mass is 32.2. The molecule has 6 heteroatoms. The van der Waals surface area contributed by atoms with Gasteiger partial charge in [-0.05, 0) is 0 Å². The summed E-state index contributed by atoms with van der Waals surface area (Å²) in [5.74, 6) is 0.119. The average molecular weight is 198 g/mol. The smallest absolute Gasteiger partial charge is 0.155 e. The minimum atomic E-state index is -1.78. The van der Waals surface area contributed by atoms with Crippen LogP contribution in [0.15, 0.2) is 0 Å². The quantitative estimate of drug-likeness (QED) is 0.334. The van der Waals surface area contributed by atoms with Crippen LogP contribution in [0.4, 0.5) is 0 Å². The van der Waals surface area contributed by atoms with E-state index in [2.05, 4.69) is 0 Å². The minimum absolute atomic E-state index is 0.119. The number of hydrogen-bond donors (Lipinski definition) is 1. The Kier molecular flexibility index (Phi) is 9.07. The highest BCUT2D eigenvalue weighted by molar-refractivity contribution is 7.79. The molecule has 0 saturated carbocycles. The van der Waals surface area contributed by atoms with Gasteiger partial charge >= 0.3 is 0 Å². The first-order valence-corrected chi connectivity index (χ1v) is 4.77. The molecule has 0 aliphatic carbocycles. The van der Waals surface area contributed by atoms with Gasteiger partial charge in [0.25, 0.3) is 0 Å². The van der Waals surface area contributed by atoms with Crippen LogP contribution in [0.3, 0.4) is 0 Å². The van der Waals surface area contributed by atoms with E-state index in [0.717, 1.165) is 0 Å². The van der Waals surface area contributed by atoms with Crippen molar-refractivity contribution in [2.75, 3.05) is 39.5 Å². The van der Waals surface area contributed by atoms with E-state index in [9.17, 15) is 4.21 Å². The fraction of sp³-hybridized carbons (Fsp3) is 1.00. The molecule has 1 N–H and O–H groups in total. The first kappa shape index (κ1) is 12.0. The number of rotatable bonds is 8. The van der Waals surface area contributed by atoms with Crippen molar-refractivity contribution in [3.05, 3.63) is 0 Å². The van der Waals surface area contributed by atoms with Crippen molar-refractivity contribution >= 4 is 11.1 Å². The van der Waals surface area contributed by atoms with Gasteiger partial charge in [0.2, 0.25) is 0 Å². The number of methoxy groups -OCH3 is 1. The van der Waals surface area contributed by atoms with Crippen LogP contribution in [0.25, 0.3) is 0 Å². The molecule has 0 rings (SSSR count). The Morgan fingerprint density at radius 3 is 2.50 bits per heavy atom. The maximum Gasteiger partial charge on any atom is 0.155 e. The van der Waals surface area contributed by atoms with E-state index in [1.807, 2.05) is 0 Å². The fourth-order valence-electron chi connectivity index (χ4n) is 0.449. The monoisotopic (exact) mass is 198 g/mol. The van der Waals surface area contributed by atoms with Gasteiger partial charge in [0, 0.05) is 7.11 Å². The molecule has 0 aromatic heterocycles. The lowest BCUT2D eigenvalue weighted by atomic mass is 10.8. The normalized spacial score (nSPS) is 13.2. The van der Waals surface area contributed by atoms with Crippen LogP contribution in [0, 0.1) is 0 Å². The molecule has 0 amide bonds. The van der Waals surface area contributed by atoms with E-state index in [0.29, 0.717) is 13.2 Å². The Morgan fingerprint density at radius 2 is 1.92 bits per heavy atom. The number of hydrogen-bond acceptors (Lipinski definition) is 4. The Labute approximate surface area is 74.3 Å². The summed E-state index contributed by atoms with van der Waals surface area (Å²) in [5, 5.41) is 0. The second kappa shape index (κ2) is 9.08. The van der Waals surface area contributed by atoms with Gasteiger partial charge in [-0.3, -0.25) is 0 Å². The molecule has 0 saturated heterocycles. The summed E-state index contributed by atoms with van der Waals surface area (Å²) >= 11 is -1.78. The van der Waals surface area contributed by atoms with E-state index in [4.69, 9.17) is 18.8 Å². The van der Waals surface area contributed by atoms with Gasteiger partial charge < -0.3 is 18.8 Å². The SMILES string of the molecule is COCCOCOCCS(=O)O. The zero-order chi connectivity index (χ0) is 9.23. The summed E-state index contributed by atoms with van der Waals surface area (Å²) < 4.78 is 32.9. The zero-order valence-corrected chi connectivity index (χ0v) is 7.84. The van der Waals surface area contributed by atoms with E-state index in [1.165, 1.54) is 0 Å². The van der Waals surface area contributed by atoms with E-state index in [1.54, 1.807) is 7.11 Å². The molecule has 74 valence electrons. The topological polar surface area (TPSA) is 65.0 Å². The molecule has 0 heterocycles. The van der Waals surface area contributed by atoms with Crippen LogP contribution in [0.2, 0.25) is 0 Å². The van der Waals surface area contributed by atoms with Gasteiger partial charge in [-0.1, -0.05) is 0 Å². The van der Waals surface area contributed by atoms with Gasteiger partial charge in [0.1, 0.15) is 6.79 Å². The van der Waals surface area contributed by atoms with Crippen molar-refractivity contribution in [3.8, 4) is 0 Å². The van der Waals surface area contributed by atoms with Crippen LogP contribution < -0.4 is 0 Å². The molecule has 1 unspecified atom stereocenters. The lowest BCUT2D eigenvalue weighted by molar-refractivity contribution is -0.0612.